The predicted molar refractivity (Wildman–Crippen MR) is 84.2 cm³/mol. The molecule has 0 aliphatic carbocycles. The highest BCUT2D eigenvalue weighted by Crippen LogP contribution is 2.30. The van der Waals surface area contributed by atoms with Gasteiger partial charge in [-0.15, -0.1) is 0 Å². The Morgan fingerprint density at radius 2 is 1.38 bits per heavy atom. The topological polar surface area (TPSA) is 33.4 Å². The summed E-state index contributed by atoms with van der Waals surface area (Å²) in [5, 5.41) is 13.8. The molecule has 0 amide bonds. The molecule has 21 heavy (non-hydrogen) atoms. The van der Waals surface area contributed by atoms with Crippen LogP contribution < -0.4 is 0 Å². The Morgan fingerprint density at radius 1 is 0.714 bits per heavy atom. The van der Waals surface area contributed by atoms with E-state index in [0.29, 0.717) is 5.76 Å². The number of rotatable bonds is 2. The van der Waals surface area contributed by atoms with Gasteiger partial charge in [-0.05, 0) is 34.5 Å². The Hall–Kier alpha value is -2.58. The lowest BCUT2D eigenvalue weighted by molar-refractivity contribution is 0.192. The smallest absolute Gasteiger partial charge is 0.138 e. The van der Waals surface area contributed by atoms with Crippen molar-refractivity contribution < 1.29 is 9.52 Å². The second-order valence-electron chi connectivity index (χ2n) is 5.20. The lowest BCUT2D eigenvalue weighted by Gasteiger charge is -2.06. The molecule has 102 valence electrons. The van der Waals surface area contributed by atoms with Crippen LogP contribution in [0.15, 0.2) is 77.2 Å². The Morgan fingerprint density at radius 3 is 2.14 bits per heavy atom. The maximum absolute atomic E-state index is 10.4. The van der Waals surface area contributed by atoms with Crippen molar-refractivity contribution in [1.82, 2.24) is 0 Å². The lowest BCUT2D eigenvalue weighted by Crippen LogP contribution is -1.96. The summed E-state index contributed by atoms with van der Waals surface area (Å²) in [5.74, 6) is 0.575. The molecule has 0 aliphatic heterocycles. The van der Waals surface area contributed by atoms with Crippen LogP contribution in [-0.2, 0) is 0 Å². The van der Waals surface area contributed by atoms with E-state index in [0.717, 1.165) is 21.9 Å². The van der Waals surface area contributed by atoms with E-state index in [-0.39, 0.29) is 0 Å². The number of aliphatic hydroxyl groups excluding tert-OH is 1. The first kappa shape index (κ1) is 12.2. The van der Waals surface area contributed by atoms with Crippen LogP contribution in [0.25, 0.3) is 21.7 Å². The van der Waals surface area contributed by atoms with Gasteiger partial charge in [0.15, 0.2) is 0 Å². The average molecular weight is 274 g/mol. The van der Waals surface area contributed by atoms with Gasteiger partial charge in [0.2, 0.25) is 0 Å². The maximum atomic E-state index is 10.4. The predicted octanol–water partition coefficient (Wildman–Crippen LogP) is 4.67. The highest BCUT2D eigenvalue weighted by molar-refractivity contribution is 5.96. The Labute approximate surface area is 122 Å². The van der Waals surface area contributed by atoms with Crippen molar-refractivity contribution in [3.05, 3.63) is 84.1 Å². The van der Waals surface area contributed by atoms with Crippen LogP contribution in [0.4, 0.5) is 0 Å². The number of benzene rings is 3. The minimum Gasteiger partial charge on any atom is -0.458 e. The normalized spacial score (nSPS) is 12.8. The van der Waals surface area contributed by atoms with Crippen molar-refractivity contribution in [2.75, 3.05) is 0 Å². The molecule has 1 heterocycles. The lowest BCUT2D eigenvalue weighted by atomic mass is 10.1. The van der Waals surface area contributed by atoms with Gasteiger partial charge >= 0.3 is 0 Å². The molecule has 2 heteroatoms. The first-order valence-electron chi connectivity index (χ1n) is 6.96. The Balaban J connectivity index is 1.85. The number of hydrogen-bond acceptors (Lipinski definition) is 2. The molecule has 0 radical (unpaired) electrons. The second kappa shape index (κ2) is 4.76. The van der Waals surface area contributed by atoms with E-state index in [1.165, 1.54) is 5.39 Å². The molecule has 0 saturated heterocycles. The van der Waals surface area contributed by atoms with E-state index in [2.05, 4.69) is 18.2 Å². The highest BCUT2D eigenvalue weighted by atomic mass is 16.4. The fraction of sp³-hybridized carbons (Fsp3) is 0.0526. The molecule has 0 aliphatic rings. The van der Waals surface area contributed by atoms with E-state index in [1.807, 2.05) is 54.6 Å². The van der Waals surface area contributed by atoms with Crippen LogP contribution >= 0.6 is 0 Å². The van der Waals surface area contributed by atoms with Crippen molar-refractivity contribution in [2.24, 2.45) is 0 Å². The van der Waals surface area contributed by atoms with Crippen LogP contribution in [0.1, 0.15) is 17.4 Å². The molecule has 0 fully saturated rings. The molecule has 1 N–H and O–H groups in total. The van der Waals surface area contributed by atoms with Gasteiger partial charge in [-0.25, -0.2) is 0 Å². The fourth-order valence-electron chi connectivity index (χ4n) is 2.68. The summed E-state index contributed by atoms with van der Waals surface area (Å²) >= 11 is 0. The first-order valence-corrected chi connectivity index (χ1v) is 6.96. The van der Waals surface area contributed by atoms with Gasteiger partial charge < -0.3 is 9.52 Å². The summed E-state index contributed by atoms with van der Waals surface area (Å²) in [4.78, 5) is 0. The maximum Gasteiger partial charge on any atom is 0.138 e. The molecule has 0 saturated carbocycles. The minimum atomic E-state index is -0.735. The summed E-state index contributed by atoms with van der Waals surface area (Å²) in [6, 6.07) is 23.8. The van der Waals surface area contributed by atoms with E-state index < -0.39 is 6.10 Å². The third kappa shape index (κ3) is 2.10. The molecular formula is C19H14O2. The van der Waals surface area contributed by atoms with Crippen LogP contribution in [0.2, 0.25) is 0 Å². The molecule has 1 atom stereocenters. The Kier molecular flexibility index (Phi) is 2.76. The van der Waals surface area contributed by atoms with Gasteiger partial charge in [-0.1, -0.05) is 54.6 Å². The molecule has 1 unspecified atom stereocenters. The van der Waals surface area contributed by atoms with Gasteiger partial charge in [-0.3, -0.25) is 0 Å². The molecule has 0 spiro atoms. The zero-order valence-electron chi connectivity index (χ0n) is 11.4. The summed E-state index contributed by atoms with van der Waals surface area (Å²) in [6.45, 7) is 0. The van der Waals surface area contributed by atoms with Crippen molar-refractivity contribution in [3.8, 4) is 0 Å². The second-order valence-corrected chi connectivity index (χ2v) is 5.20. The van der Waals surface area contributed by atoms with Crippen molar-refractivity contribution in [3.63, 3.8) is 0 Å². The van der Waals surface area contributed by atoms with Gasteiger partial charge in [-0.2, -0.15) is 0 Å². The van der Waals surface area contributed by atoms with E-state index in [4.69, 9.17) is 4.42 Å². The summed E-state index contributed by atoms with van der Waals surface area (Å²) < 4.78 is 5.84. The number of hydrogen-bond donors (Lipinski definition) is 1. The van der Waals surface area contributed by atoms with Crippen LogP contribution in [0.5, 0.6) is 0 Å². The Bertz CT molecular complexity index is 854. The molecule has 3 aromatic carbocycles. The quantitative estimate of drug-likeness (QED) is 0.576. The van der Waals surface area contributed by atoms with E-state index in [1.54, 1.807) is 0 Å². The summed E-state index contributed by atoms with van der Waals surface area (Å²) in [5.41, 5.74) is 1.64. The van der Waals surface area contributed by atoms with Crippen LogP contribution in [0, 0.1) is 0 Å². The summed E-state index contributed by atoms with van der Waals surface area (Å²) in [7, 11) is 0. The zero-order valence-corrected chi connectivity index (χ0v) is 11.4. The minimum absolute atomic E-state index is 0.575. The van der Waals surface area contributed by atoms with Gasteiger partial charge in [0, 0.05) is 5.39 Å². The van der Waals surface area contributed by atoms with Crippen LogP contribution in [-0.4, -0.2) is 5.11 Å². The largest absolute Gasteiger partial charge is 0.458 e. The highest BCUT2D eigenvalue weighted by Gasteiger charge is 2.15. The van der Waals surface area contributed by atoms with E-state index in [9.17, 15) is 5.11 Å². The molecule has 2 nitrogen and oxygen atoms in total. The zero-order chi connectivity index (χ0) is 14.2. The fourth-order valence-corrected chi connectivity index (χ4v) is 2.68. The van der Waals surface area contributed by atoms with E-state index >= 15 is 0 Å². The monoisotopic (exact) mass is 274 g/mol. The molecule has 1 aromatic heterocycles. The summed E-state index contributed by atoms with van der Waals surface area (Å²) in [6.07, 6.45) is -0.735. The van der Waals surface area contributed by atoms with Crippen molar-refractivity contribution in [2.45, 2.75) is 6.10 Å². The third-order valence-corrected chi connectivity index (χ3v) is 3.79. The molecule has 4 rings (SSSR count). The SMILES string of the molecule is OC(c1ccccc1)c1cc2cc3ccccc3cc2o1. The standard InChI is InChI=1S/C19H14O2/c20-19(13-6-2-1-3-7-13)18-12-16-10-14-8-4-5-9-15(14)11-17(16)21-18/h1-12,19-20H. The molecular weight excluding hydrogens is 260 g/mol. The van der Waals surface area contributed by atoms with Crippen molar-refractivity contribution in [1.29, 1.82) is 0 Å². The van der Waals surface area contributed by atoms with Crippen molar-refractivity contribution >= 4 is 21.7 Å². The van der Waals surface area contributed by atoms with Gasteiger partial charge in [0.05, 0.1) is 0 Å². The molecule has 0 bridgehead atoms. The van der Waals surface area contributed by atoms with Gasteiger partial charge in [0.1, 0.15) is 17.4 Å². The van der Waals surface area contributed by atoms with Crippen LogP contribution in [0.3, 0.4) is 0 Å². The number of fused-ring (bicyclic) bond motifs is 2. The number of aliphatic hydroxyl groups is 1. The first-order chi connectivity index (χ1) is 10.3. The van der Waals surface area contributed by atoms with Gasteiger partial charge in [0.25, 0.3) is 0 Å². The number of furan rings is 1. The average Bonchev–Trinajstić information content (AvgIpc) is 2.95. The molecule has 4 aromatic rings. The third-order valence-electron chi connectivity index (χ3n) is 3.79.